The van der Waals surface area contributed by atoms with Gasteiger partial charge in [0.2, 0.25) is 0 Å². The Hall–Kier alpha value is -0.380. The zero-order chi connectivity index (χ0) is 12.3. The van der Waals surface area contributed by atoms with Crippen molar-refractivity contribution in [2.45, 2.75) is 62.3 Å². The van der Waals surface area contributed by atoms with Crippen LogP contribution in [0.5, 0.6) is 0 Å². The Balaban J connectivity index is 1.84. The van der Waals surface area contributed by atoms with Crippen molar-refractivity contribution in [2.75, 3.05) is 6.61 Å². The summed E-state index contributed by atoms with van der Waals surface area (Å²) < 4.78 is 6.01. The number of ether oxygens (including phenoxy) is 1. The Labute approximate surface area is 102 Å². The van der Waals surface area contributed by atoms with E-state index in [9.17, 15) is 10.2 Å². The minimum atomic E-state index is -0.691. The van der Waals surface area contributed by atoms with E-state index in [0.29, 0.717) is 31.8 Å². The first-order chi connectivity index (χ1) is 7.82. The van der Waals surface area contributed by atoms with Crippen molar-refractivity contribution in [3.8, 4) is 0 Å². The molecule has 0 aromatic heterocycles. The molecular formula is C14H22O3. The summed E-state index contributed by atoms with van der Waals surface area (Å²) in [4.78, 5) is 0. The van der Waals surface area contributed by atoms with Crippen molar-refractivity contribution < 1.29 is 14.9 Å². The summed E-state index contributed by atoms with van der Waals surface area (Å²) in [5.74, 6) is 0.423. The maximum absolute atomic E-state index is 10.5. The molecule has 4 saturated carbocycles. The highest BCUT2D eigenvalue weighted by atomic mass is 16.5. The SMILES string of the molecule is C=C(C)COC12CC3CC(O)(CC(O)(C3)C1)C2. The first kappa shape index (κ1) is 11.7. The van der Waals surface area contributed by atoms with Gasteiger partial charge in [0.05, 0.1) is 23.4 Å². The maximum Gasteiger partial charge on any atom is 0.0744 e. The fourth-order valence-electron chi connectivity index (χ4n) is 4.69. The highest BCUT2D eigenvalue weighted by Gasteiger charge is 2.63. The van der Waals surface area contributed by atoms with Gasteiger partial charge in [-0.2, -0.15) is 0 Å². The standard InChI is InChI=1S/C14H22O3/c1-10(2)6-17-14-5-11-3-12(15,8-14)7-13(16,4-11)9-14/h11,15-16H,1,3-9H2,2H3. The molecule has 3 nitrogen and oxygen atoms in total. The first-order valence-electron chi connectivity index (χ1n) is 6.55. The molecule has 0 heterocycles. The van der Waals surface area contributed by atoms with Crippen molar-refractivity contribution in [1.29, 1.82) is 0 Å². The van der Waals surface area contributed by atoms with Crippen LogP contribution in [0, 0.1) is 5.92 Å². The second-order valence-electron chi connectivity index (χ2n) is 6.89. The van der Waals surface area contributed by atoms with Crippen LogP contribution < -0.4 is 0 Å². The highest BCUT2D eigenvalue weighted by Crippen LogP contribution is 2.60. The normalized spacial score (nSPS) is 51.8. The lowest BCUT2D eigenvalue weighted by Crippen LogP contribution is -2.66. The lowest BCUT2D eigenvalue weighted by atomic mass is 9.50. The van der Waals surface area contributed by atoms with E-state index in [1.807, 2.05) is 6.92 Å². The summed E-state index contributed by atoms with van der Waals surface area (Å²) in [5.41, 5.74) is -0.686. The van der Waals surface area contributed by atoms with E-state index in [0.717, 1.165) is 24.8 Å². The quantitative estimate of drug-likeness (QED) is 0.737. The maximum atomic E-state index is 10.5. The summed E-state index contributed by atoms with van der Waals surface area (Å²) >= 11 is 0. The molecule has 2 unspecified atom stereocenters. The molecule has 0 amide bonds. The smallest absolute Gasteiger partial charge is 0.0744 e. The van der Waals surface area contributed by atoms with Crippen molar-refractivity contribution >= 4 is 0 Å². The second kappa shape index (κ2) is 3.34. The van der Waals surface area contributed by atoms with E-state index >= 15 is 0 Å². The van der Waals surface area contributed by atoms with Crippen LogP contribution in [0.3, 0.4) is 0 Å². The molecule has 4 aliphatic rings. The number of hydrogen-bond acceptors (Lipinski definition) is 3. The van der Waals surface area contributed by atoms with E-state index < -0.39 is 11.2 Å². The molecule has 3 heteroatoms. The predicted octanol–water partition coefficient (Wildman–Crippen LogP) is 1.78. The molecule has 2 N–H and O–H groups in total. The Morgan fingerprint density at radius 1 is 1.18 bits per heavy atom. The van der Waals surface area contributed by atoms with E-state index in [-0.39, 0.29) is 5.60 Å². The third-order valence-electron chi connectivity index (χ3n) is 4.58. The summed E-state index contributed by atoms with van der Waals surface area (Å²) in [5, 5.41) is 21.1. The molecule has 4 fully saturated rings. The first-order valence-corrected chi connectivity index (χ1v) is 6.55. The van der Waals surface area contributed by atoms with E-state index in [1.54, 1.807) is 0 Å². The van der Waals surface area contributed by atoms with Gasteiger partial charge >= 0.3 is 0 Å². The van der Waals surface area contributed by atoms with Gasteiger partial charge in [0.25, 0.3) is 0 Å². The summed E-state index contributed by atoms with van der Waals surface area (Å²) in [6.45, 7) is 6.35. The van der Waals surface area contributed by atoms with Crippen molar-refractivity contribution in [3.63, 3.8) is 0 Å². The van der Waals surface area contributed by atoms with Gasteiger partial charge < -0.3 is 14.9 Å². The molecule has 96 valence electrons. The molecule has 0 spiro atoms. The van der Waals surface area contributed by atoms with Crippen LogP contribution in [0.4, 0.5) is 0 Å². The zero-order valence-electron chi connectivity index (χ0n) is 10.5. The van der Waals surface area contributed by atoms with Crippen molar-refractivity contribution in [3.05, 3.63) is 12.2 Å². The van der Waals surface area contributed by atoms with Crippen LogP contribution in [0.2, 0.25) is 0 Å². The number of aliphatic hydroxyl groups is 2. The Morgan fingerprint density at radius 2 is 1.76 bits per heavy atom. The molecule has 4 bridgehead atoms. The Morgan fingerprint density at radius 3 is 2.24 bits per heavy atom. The zero-order valence-corrected chi connectivity index (χ0v) is 10.5. The van der Waals surface area contributed by atoms with Crippen LogP contribution in [-0.4, -0.2) is 33.6 Å². The largest absolute Gasteiger partial charge is 0.390 e. The van der Waals surface area contributed by atoms with E-state index in [1.165, 1.54) is 0 Å². The van der Waals surface area contributed by atoms with Crippen LogP contribution >= 0.6 is 0 Å². The van der Waals surface area contributed by atoms with Gasteiger partial charge in [-0.1, -0.05) is 12.2 Å². The predicted molar refractivity (Wildman–Crippen MR) is 64.6 cm³/mol. The van der Waals surface area contributed by atoms with Gasteiger partial charge in [0.1, 0.15) is 0 Å². The van der Waals surface area contributed by atoms with Gasteiger partial charge in [-0.25, -0.2) is 0 Å². The molecule has 4 aliphatic carbocycles. The monoisotopic (exact) mass is 238 g/mol. The average molecular weight is 238 g/mol. The Kier molecular flexibility index (Phi) is 2.30. The van der Waals surface area contributed by atoms with Gasteiger partial charge in [-0.15, -0.1) is 0 Å². The van der Waals surface area contributed by atoms with E-state index in [2.05, 4.69) is 6.58 Å². The van der Waals surface area contributed by atoms with Crippen LogP contribution in [0.15, 0.2) is 12.2 Å². The third kappa shape index (κ3) is 1.94. The molecular weight excluding hydrogens is 216 g/mol. The number of hydrogen-bond donors (Lipinski definition) is 2. The fourth-order valence-corrected chi connectivity index (χ4v) is 4.69. The minimum Gasteiger partial charge on any atom is -0.390 e. The highest BCUT2D eigenvalue weighted by molar-refractivity contribution is 5.16. The van der Waals surface area contributed by atoms with Crippen molar-refractivity contribution in [1.82, 2.24) is 0 Å². The summed E-state index contributed by atoms with van der Waals surface area (Å²) in [6, 6.07) is 0. The third-order valence-corrected chi connectivity index (χ3v) is 4.58. The van der Waals surface area contributed by atoms with Crippen LogP contribution in [0.25, 0.3) is 0 Å². The molecule has 4 rings (SSSR count). The number of rotatable bonds is 3. The lowest BCUT2D eigenvalue weighted by molar-refractivity contribution is -0.265. The van der Waals surface area contributed by atoms with Gasteiger partial charge in [0, 0.05) is 19.3 Å². The Bertz CT molecular complexity index is 344. The van der Waals surface area contributed by atoms with Crippen molar-refractivity contribution in [2.24, 2.45) is 5.92 Å². The van der Waals surface area contributed by atoms with Crippen LogP contribution in [-0.2, 0) is 4.74 Å². The molecule has 0 radical (unpaired) electrons. The van der Waals surface area contributed by atoms with Gasteiger partial charge in [-0.3, -0.25) is 0 Å². The molecule has 0 aromatic rings. The lowest BCUT2D eigenvalue weighted by Gasteiger charge is -2.62. The summed E-state index contributed by atoms with van der Waals surface area (Å²) in [6.07, 6.45) is 4.58. The summed E-state index contributed by atoms with van der Waals surface area (Å²) in [7, 11) is 0. The minimum absolute atomic E-state index is 0.304. The molecule has 0 aliphatic heterocycles. The van der Waals surface area contributed by atoms with Gasteiger partial charge in [0.15, 0.2) is 0 Å². The topological polar surface area (TPSA) is 49.7 Å². The average Bonchev–Trinajstić information content (AvgIpc) is 2.08. The second-order valence-corrected chi connectivity index (χ2v) is 6.89. The fraction of sp³-hybridized carbons (Fsp3) is 0.857. The molecule has 17 heavy (non-hydrogen) atoms. The molecule has 0 aromatic carbocycles. The molecule has 0 saturated heterocycles. The van der Waals surface area contributed by atoms with Gasteiger partial charge in [-0.05, 0) is 32.1 Å². The van der Waals surface area contributed by atoms with E-state index in [4.69, 9.17) is 4.74 Å². The van der Waals surface area contributed by atoms with Crippen LogP contribution in [0.1, 0.15) is 45.4 Å². The molecule has 2 atom stereocenters.